The molecule has 1 aromatic heterocycles. The third-order valence-corrected chi connectivity index (χ3v) is 4.37. The normalized spacial score (nSPS) is 20.0. The first-order valence-corrected chi connectivity index (χ1v) is 7.73. The van der Waals surface area contributed by atoms with Crippen molar-refractivity contribution in [3.8, 4) is 0 Å². The van der Waals surface area contributed by atoms with E-state index < -0.39 is 0 Å². The maximum absolute atomic E-state index is 6.06. The summed E-state index contributed by atoms with van der Waals surface area (Å²) in [7, 11) is 0. The molecular weight excluding hydrogens is 248 g/mol. The second-order valence-corrected chi connectivity index (χ2v) is 5.74. The van der Waals surface area contributed by atoms with Crippen LogP contribution in [0.2, 0.25) is 0 Å². The largest absolute Gasteiger partial charge is 0.459 e. The van der Waals surface area contributed by atoms with E-state index in [1.807, 2.05) is 6.07 Å². The van der Waals surface area contributed by atoms with Crippen LogP contribution in [0.1, 0.15) is 38.0 Å². The SMILES string of the molecule is CCNCc1oc2ccccc2c1CN1CCCC1C. The first kappa shape index (κ1) is 13.7. The van der Waals surface area contributed by atoms with Gasteiger partial charge in [-0.3, -0.25) is 4.90 Å². The van der Waals surface area contributed by atoms with Crippen molar-refractivity contribution in [3.05, 3.63) is 35.6 Å². The van der Waals surface area contributed by atoms with Gasteiger partial charge in [-0.2, -0.15) is 0 Å². The Balaban J connectivity index is 1.93. The third-order valence-electron chi connectivity index (χ3n) is 4.37. The van der Waals surface area contributed by atoms with Crippen LogP contribution < -0.4 is 5.32 Å². The summed E-state index contributed by atoms with van der Waals surface area (Å²) < 4.78 is 6.06. The summed E-state index contributed by atoms with van der Waals surface area (Å²) in [6, 6.07) is 9.10. The van der Waals surface area contributed by atoms with Gasteiger partial charge in [0.25, 0.3) is 0 Å². The van der Waals surface area contributed by atoms with Crippen molar-refractivity contribution < 1.29 is 4.42 Å². The van der Waals surface area contributed by atoms with Crippen LogP contribution in [0.3, 0.4) is 0 Å². The fourth-order valence-electron chi connectivity index (χ4n) is 3.13. The lowest BCUT2D eigenvalue weighted by molar-refractivity contribution is 0.258. The molecule has 2 heterocycles. The predicted molar refractivity (Wildman–Crippen MR) is 82.7 cm³/mol. The summed E-state index contributed by atoms with van der Waals surface area (Å²) in [6.45, 7) is 8.48. The molecule has 3 rings (SSSR count). The first-order chi connectivity index (χ1) is 9.79. The minimum Gasteiger partial charge on any atom is -0.459 e. The van der Waals surface area contributed by atoms with E-state index in [2.05, 4.69) is 42.3 Å². The average Bonchev–Trinajstić information content (AvgIpc) is 3.02. The molecule has 1 aliphatic rings. The van der Waals surface area contributed by atoms with Crippen LogP contribution >= 0.6 is 0 Å². The highest BCUT2D eigenvalue weighted by Gasteiger charge is 2.23. The van der Waals surface area contributed by atoms with Crippen molar-refractivity contribution in [2.45, 2.75) is 45.8 Å². The standard InChI is InChI=1S/C17H24N2O/c1-3-18-11-17-15(12-19-10-6-7-13(19)2)14-8-4-5-9-16(14)20-17/h4-5,8-9,13,18H,3,6-7,10-12H2,1-2H3. The van der Waals surface area contributed by atoms with E-state index in [9.17, 15) is 0 Å². The zero-order valence-corrected chi connectivity index (χ0v) is 12.5. The highest BCUT2D eigenvalue weighted by atomic mass is 16.3. The number of rotatable bonds is 5. The Labute approximate surface area is 120 Å². The highest BCUT2D eigenvalue weighted by Crippen LogP contribution is 2.29. The molecule has 0 spiro atoms. The summed E-state index contributed by atoms with van der Waals surface area (Å²) in [6.07, 6.45) is 2.64. The van der Waals surface area contributed by atoms with Crippen LogP contribution in [0.25, 0.3) is 11.0 Å². The fourth-order valence-corrected chi connectivity index (χ4v) is 3.13. The van der Waals surface area contributed by atoms with E-state index in [1.165, 1.54) is 30.3 Å². The monoisotopic (exact) mass is 272 g/mol. The molecule has 1 aliphatic heterocycles. The lowest BCUT2D eigenvalue weighted by Gasteiger charge is -2.21. The smallest absolute Gasteiger partial charge is 0.134 e. The summed E-state index contributed by atoms with van der Waals surface area (Å²) in [5.41, 5.74) is 2.39. The van der Waals surface area contributed by atoms with Crippen LogP contribution in [0, 0.1) is 0 Å². The van der Waals surface area contributed by atoms with Crippen molar-refractivity contribution in [2.75, 3.05) is 13.1 Å². The molecule has 3 nitrogen and oxygen atoms in total. The molecule has 1 N–H and O–H groups in total. The molecule has 0 bridgehead atoms. The van der Waals surface area contributed by atoms with Gasteiger partial charge in [0.15, 0.2) is 0 Å². The molecule has 1 atom stereocenters. The molecule has 1 unspecified atom stereocenters. The van der Waals surface area contributed by atoms with Crippen molar-refractivity contribution in [3.63, 3.8) is 0 Å². The van der Waals surface area contributed by atoms with Crippen molar-refractivity contribution in [1.82, 2.24) is 10.2 Å². The lowest BCUT2D eigenvalue weighted by atomic mass is 10.1. The van der Waals surface area contributed by atoms with Gasteiger partial charge < -0.3 is 9.73 Å². The van der Waals surface area contributed by atoms with Crippen molar-refractivity contribution >= 4 is 11.0 Å². The number of fused-ring (bicyclic) bond motifs is 1. The Kier molecular flexibility index (Phi) is 4.08. The molecule has 0 aliphatic carbocycles. The number of nitrogens with one attached hydrogen (secondary N) is 1. The minimum absolute atomic E-state index is 0.690. The number of furan rings is 1. The fraction of sp³-hybridized carbons (Fsp3) is 0.529. The van der Waals surface area contributed by atoms with Gasteiger partial charge in [0.1, 0.15) is 11.3 Å². The molecule has 1 fully saturated rings. The van der Waals surface area contributed by atoms with Crippen LogP contribution in [0.4, 0.5) is 0 Å². The summed E-state index contributed by atoms with van der Waals surface area (Å²) in [4.78, 5) is 2.58. The molecule has 1 saturated heterocycles. The molecule has 0 amide bonds. The number of nitrogens with zero attached hydrogens (tertiary/aromatic N) is 1. The van der Waals surface area contributed by atoms with Gasteiger partial charge in [-0.15, -0.1) is 0 Å². The van der Waals surface area contributed by atoms with Crippen molar-refractivity contribution in [1.29, 1.82) is 0 Å². The van der Waals surface area contributed by atoms with Gasteiger partial charge in [-0.25, -0.2) is 0 Å². The molecule has 3 heteroatoms. The second-order valence-electron chi connectivity index (χ2n) is 5.74. The van der Waals surface area contributed by atoms with Gasteiger partial charge in [0.2, 0.25) is 0 Å². The van der Waals surface area contributed by atoms with Crippen molar-refractivity contribution in [2.24, 2.45) is 0 Å². The van der Waals surface area contributed by atoms with Gasteiger partial charge in [-0.05, 0) is 38.9 Å². The summed E-state index contributed by atoms with van der Waals surface area (Å²) in [5, 5.41) is 4.67. The first-order valence-electron chi connectivity index (χ1n) is 7.73. The number of para-hydroxylation sites is 1. The average molecular weight is 272 g/mol. The Bertz CT molecular complexity index is 575. The van der Waals surface area contributed by atoms with E-state index in [4.69, 9.17) is 4.42 Å². The van der Waals surface area contributed by atoms with E-state index in [-0.39, 0.29) is 0 Å². The predicted octanol–water partition coefficient (Wildman–Crippen LogP) is 3.53. The number of benzene rings is 1. The minimum atomic E-state index is 0.690. The summed E-state index contributed by atoms with van der Waals surface area (Å²) >= 11 is 0. The zero-order chi connectivity index (χ0) is 13.9. The number of likely N-dealkylation sites (tertiary alicyclic amines) is 1. The maximum Gasteiger partial charge on any atom is 0.134 e. The van der Waals surface area contributed by atoms with Crippen LogP contribution in [-0.4, -0.2) is 24.0 Å². The van der Waals surface area contributed by atoms with Crippen LogP contribution in [0.5, 0.6) is 0 Å². The molecule has 108 valence electrons. The molecule has 2 aromatic rings. The van der Waals surface area contributed by atoms with E-state index in [1.54, 1.807) is 0 Å². The number of hydrogen-bond donors (Lipinski definition) is 1. The van der Waals surface area contributed by atoms with Gasteiger partial charge in [0, 0.05) is 23.5 Å². The third kappa shape index (κ3) is 2.60. The molecule has 0 saturated carbocycles. The van der Waals surface area contributed by atoms with Crippen LogP contribution in [-0.2, 0) is 13.1 Å². The molecular formula is C17H24N2O. The Morgan fingerprint density at radius 1 is 1.35 bits per heavy atom. The Morgan fingerprint density at radius 3 is 2.95 bits per heavy atom. The van der Waals surface area contributed by atoms with Gasteiger partial charge in [0.05, 0.1) is 6.54 Å². The van der Waals surface area contributed by atoms with Crippen LogP contribution in [0.15, 0.2) is 28.7 Å². The quantitative estimate of drug-likeness (QED) is 0.902. The molecule has 1 aromatic carbocycles. The molecule has 20 heavy (non-hydrogen) atoms. The Hall–Kier alpha value is -1.32. The highest BCUT2D eigenvalue weighted by molar-refractivity contribution is 5.82. The van der Waals surface area contributed by atoms with E-state index in [0.29, 0.717) is 6.04 Å². The van der Waals surface area contributed by atoms with Gasteiger partial charge in [-0.1, -0.05) is 25.1 Å². The summed E-state index contributed by atoms with van der Waals surface area (Å²) in [5.74, 6) is 1.10. The van der Waals surface area contributed by atoms with E-state index >= 15 is 0 Å². The topological polar surface area (TPSA) is 28.4 Å². The Morgan fingerprint density at radius 2 is 2.20 bits per heavy atom. The maximum atomic E-state index is 6.06. The lowest BCUT2D eigenvalue weighted by Crippen LogP contribution is -2.26. The van der Waals surface area contributed by atoms with E-state index in [0.717, 1.165) is 31.0 Å². The second kappa shape index (κ2) is 5.98. The number of hydrogen-bond acceptors (Lipinski definition) is 3. The molecule has 0 radical (unpaired) electrons. The van der Waals surface area contributed by atoms with Gasteiger partial charge >= 0.3 is 0 Å². The zero-order valence-electron chi connectivity index (χ0n) is 12.5.